The summed E-state index contributed by atoms with van der Waals surface area (Å²) >= 11 is 1.41. The lowest BCUT2D eigenvalue weighted by Crippen LogP contribution is -2.54. The van der Waals surface area contributed by atoms with Crippen LogP contribution in [0.3, 0.4) is 0 Å². The quantitative estimate of drug-likeness (QED) is 0.878. The van der Waals surface area contributed by atoms with Crippen molar-refractivity contribution in [1.82, 2.24) is 4.90 Å². The molecule has 2 rings (SSSR count). The van der Waals surface area contributed by atoms with Crippen molar-refractivity contribution in [2.75, 3.05) is 6.54 Å². The van der Waals surface area contributed by atoms with Crippen LogP contribution < -0.4 is 5.73 Å². The van der Waals surface area contributed by atoms with E-state index in [-0.39, 0.29) is 5.91 Å². The molecule has 0 aliphatic carbocycles. The number of hydrogen-bond acceptors (Lipinski definition) is 4. The van der Waals surface area contributed by atoms with Crippen molar-refractivity contribution in [3.05, 3.63) is 22.4 Å². The zero-order chi connectivity index (χ0) is 14.0. The molecule has 104 valence electrons. The number of nitrogens with two attached hydrogens (primary N) is 1. The molecule has 6 heteroatoms. The van der Waals surface area contributed by atoms with E-state index in [9.17, 15) is 14.7 Å². The van der Waals surface area contributed by atoms with E-state index in [4.69, 9.17) is 5.73 Å². The Hall–Kier alpha value is -1.40. The first-order valence-corrected chi connectivity index (χ1v) is 7.25. The number of carboxylic acid groups (broad SMARTS) is 1. The number of carbonyl (C=O) groups is 2. The lowest BCUT2D eigenvalue weighted by atomic mass is 9.92. The number of aliphatic carboxylic acids is 1. The van der Waals surface area contributed by atoms with Crippen molar-refractivity contribution in [2.45, 2.75) is 37.8 Å². The Kier molecular flexibility index (Phi) is 3.91. The van der Waals surface area contributed by atoms with Crippen molar-refractivity contribution in [3.63, 3.8) is 0 Å². The monoisotopic (exact) mass is 282 g/mol. The standard InChI is InChI=1S/C13H18N2O3S/c1-2-13(12(17)18)6-4-7-15(13)11(16)10(14)9-5-3-8-19-9/h3,5,8,10H,2,4,6-7,14H2,1H3,(H,17,18). The van der Waals surface area contributed by atoms with Gasteiger partial charge in [0.1, 0.15) is 11.6 Å². The first-order chi connectivity index (χ1) is 9.03. The Morgan fingerprint density at radius 1 is 1.63 bits per heavy atom. The van der Waals surface area contributed by atoms with E-state index >= 15 is 0 Å². The van der Waals surface area contributed by atoms with E-state index in [1.807, 2.05) is 11.4 Å². The molecule has 0 radical (unpaired) electrons. The molecule has 1 amide bonds. The summed E-state index contributed by atoms with van der Waals surface area (Å²) in [5.74, 6) is -1.22. The Labute approximate surface area is 116 Å². The summed E-state index contributed by atoms with van der Waals surface area (Å²) in [6.45, 7) is 2.27. The average molecular weight is 282 g/mol. The number of hydrogen-bond donors (Lipinski definition) is 2. The highest BCUT2D eigenvalue weighted by molar-refractivity contribution is 7.10. The highest BCUT2D eigenvalue weighted by Crippen LogP contribution is 2.35. The molecule has 1 aromatic heterocycles. The van der Waals surface area contributed by atoms with Gasteiger partial charge >= 0.3 is 5.97 Å². The normalized spacial score (nSPS) is 24.4. The number of carboxylic acids is 1. The number of likely N-dealkylation sites (tertiary alicyclic amines) is 1. The van der Waals surface area contributed by atoms with Crippen LogP contribution in [0.25, 0.3) is 0 Å². The molecule has 3 N–H and O–H groups in total. The van der Waals surface area contributed by atoms with Gasteiger partial charge in [0.05, 0.1) is 0 Å². The molecule has 1 aliphatic heterocycles. The van der Waals surface area contributed by atoms with E-state index < -0.39 is 17.6 Å². The van der Waals surface area contributed by atoms with Gasteiger partial charge in [-0.05, 0) is 30.7 Å². The van der Waals surface area contributed by atoms with Gasteiger partial charge in [-0.2, -0.15) is 0 Å². The topological polar surface area (TPSA) is 83.6 Å². The zero-order valence-electron chi connectivity index (χ0n) is 10.8. The first-order valence-electron chi connectivity index (χ1n) is 6.37. The fourth-order valence-corrected chi connectivity index (χ4v) is 3.42. The third-order valence-electron chi connectivity index (χ3n) is 3.85. The minimum atomic E-state index is -1.08. The smallest absolute Gasteiger partial charge is 0.329 e. The predicted octanol–water partition coefficient (Wildman–Crippen LogP) is 1.60. The number of amides is 1. The predicted molar refractivity (Wildman–Crippen MR) is 72.9 cm³/mol. The third kappa shape index (κ3) is 2.26. The van der Waals surface area contributed by atoms with Crippen LogP contribution >= 0.6 is 11.3 Å². The van der Waals surface area contributed by atoms with Gasteiger partial charge in [-0.25, -0.2) is 4.79 Å². The third-order valence-corrected chi connectivity index (χ3v) is 4.81. The average Bonchev–Trinajstić information content (AvgIpc) is 3.06. The summed E-state index contributed by atoms with van der Waals surface area (Å²) in [7, 11) is 0. The lowest BCUT2D eigenvalue weighted by Gasteiger charge is -2.35. The largest absolute Gasteiger partial charge is 0.479 e. The highest BCUT2D eigenvalue weighted by Gasteiger charge is 2.49. The van der Waals surface area contributed by atoms with Crippen molar-refractivity contribution in [2.24, 2.45) is 5.73 Å². The van der Waals surface area contributed by atoms with Crippen molar-refractivity contribution in [3.8, 4) is 0 Å². The number of thiophene rings is 1. The summed E-state index contributed by atoms with van der Waals surface area (Å²) < 4.78 is 0. The minimum Gasteiger partial charge on any atom is -0.479 e. The lowest BCUT2D eigenvalue weighted by molar-refractivity contribution is -0.157. The molecule has 5 nitrogen and oxygen atoms in total. The van der Waals surface area contributed by atoms with Gasteiger partial charge in [0.2, 0.25) is 5.91 Å². The van der Waals surface area contributed by atoms with Crippen LogP contribution in [0.15, 0.2) is 17.5 Å². The van der Waals surface area contributed by atoms with Crippen molar-refractivity contribution >= 4 is 23.2 Å². The van der Waals surface area contributed by atoms with Crippen LogP contribution in [0.2, 0.25) is 0 Å². The molecule has 1 aliphatic rings. The van der Waals surface area contributed by atoms with Crippen LogP contribution in [-0.4, -0.2) is 34.0 Å². The summed E-state index contributed by atoms with van der Waals surface area (Å²) in [6, 6.07) is 2.88. The number of carbonyl (C=O) groups excluding carboxylic acids is 1. The number of rotatable bonds is 4. The van der Waals surface area contributed by atoms with E-state index in [0.717, 1.165) is 4.88 Å². The molecule has 1 fully saturated rings. The molecule has 19 heavy (non-hydrogen) atoms. The zero-order valence-corrected chi connectivity index (χ0v) is 11.7. The summed E-state index contributed by atoms with van der Waals surface area (Å²) in [5, 5.41) is 11.3. The molecule has 2 heterocycles. The molecule has 2 atom stereocenters. The Balaban J connectivity index is 2.25. The van der Waals surface area contributed by atoms with Gasteiger partial charge in [-0.15, -0.1) is 11.3 Å². The van der Waals surface area contributed by atoms with Crippen LogP contribution in [0.4, 0.5) is 0 Å². The highest BCUT2D eigenvalue weighted by atomic mass is 32.1. The molecule has 2 unspecified atom stereocenters. The molecule has 0 aromatic carbocycles. The maximum absolute atomic E-state index is 12.5. The fraction of sp³-hybridized carbons (Fsp3) is 0.538. The van der Waals surface area contributed by atoms with Gasteiger partial charge in [0, 0.05) is 11.4 Å². The van der Waals surface area contributed by atoms with Gasteiger partial charge in [-0.3, -0.25) is 4.79 Å². The van der Waals surface area contributed by atoms with Crippen molar-refractivity contribution < 1.29 is 14.7 Å². The molecule has 0 saturated carbocycles. The second-order valence-corrected chi connectivity index (χ2v) is 5.76. The maximum atomic E-state index is 12.5. The van der Waals surface area contributed by atoms with Gasteiger partial charge < -0.3 is 15.7 Å². The summed E-state index contributed by atoms with van der Waals surface area (Å²) in [5.41, 5.74) is 4.89. The van der Waals surface area contributed by atoms with Gasteiger partial charge in [0.25, 0.3) is 0 Å². The van der Waals surface area contributed by atoms with Gasteiger partial charge in [-0.1, -0.05) is 13.0 Å². The van der Waals surface area contributed by atoms with Crippen LogP contribution in [-0.2, 0) is 9.59 Å². The Morgan fingerprint density at radius 2 is 2.37 bits per heavy atom. The van der Waals surface area contributed by atoms with E-state index in [0.29, 0.717) is 25.8 Å². The molecule has 0 bridgehead atoms. The second-order valence-electron chi connectivity index (χ2n) is 4.78. The molecular weight excluding hydrogens is 264 g/mol. The van der Waals surface area contributed by atoms with Crippen LogP contribution in [0, 0.1) is 0 Å². The van der Waals surface area contributed by atoms with E-state index in [1.165, 1.54) is 16.2 Å². The maximum Gasteiger partial charge on any atom is 0.329 e. The van der Waals surface area contributed by atoms with Crippen molar-refractivity contribution in [1.29, 1.82) is 0 Å². The summed E-state index contributed by atoms with van der Waals surface area (Å²) in [4.78, 5) is 26.2. The molecule has 1 aromatic rings. The first kappa shape index (κ1) is 14.0. The fourth-order valence-electron chi connectivity index (χ4n) is 2.70. The SMILES string of the molecule is CCC1(C(=O)O)CCCN1C(=O)C(N)c1cccs1. The molecule has 0 spiro atoms. The Bertz CT molecular complexity index is 474. The second kappa shape index (κ2) is 5.30. The number of nitrogens with zero attached hydrogens (tertiary/aromatic N) is 1. The Morgan fingerprint density at radius 3 is 2.89 bits per heavy atom. The van der Waals surface area contributed by atoms with E-state index in [2.05, 4.69) is 0 Å². The molecular formula is C13H18N2O3S. The summed E-state index contributed by atoms with van der Waals surface area (Å²) in [6.07, 6.45) is 1.62. The van der Waals surface area contributed by atoms with Gasteiger partial charge in [0.15, 0.2) is 0 Å². The van der Waals surface area contributed by atoms with E-state index in [1.54, 1.807) is 13.0 Å². The van der Waals surface area contributed by atoms with Crippen LogP contribution in [0.5, 0.6) is 0 Å². The molecule has 1 saturated heterocycles. The van der Waals surface area contributed by atoms with Crippen LogP contribution in [0.1, 0.15) is 37.1 Å². The minimum absolute atomic E-state index is 0.288.